The van der Waals surface area contributed by atoms with Crippen LogP contribution in [-0.4, -0.2) is 5.78 Å². The molecule has 72 valence electrons. The van der Waals surface area contributed by atoms with Gasteiger partial charge in [0.25, 0.3) is 0 Å². The molecule has 0 saturated heterocycles. The van der Waals surface area contributed by atoms with E-state index in [0.29, 0.717) is 12.8 Å². The maximum atomic E-state index is 11.6. The van der Waals surface area contributed by atoms with Gasteiger partial charge in [-0.3, -0.25) is 4.79 Å². The smallest absolute Gasteiger partial charge is 0.163 e. The Bertz CT molecular complexity index is 368. The number of carbonyl (C=O) groups is 1. The Morgan fingerprint density at radius 1 is 1.29 bits per heavy atom. The lowest BCUT2D eigenvalue weighted by atomic mass is 10.0. The van der Waals surface area contributed by atoms with Gasteiger partial charge in [0.05, 0.1) is 6.07 Å². The van der Waals surface area contributed by atoms with Crippen LogP contribution in [0.2, 0.25) is 0 Å². The third-order valence-electron chi connectivity index (χ3n) is 2.01. The Balaban J connectivity index is 2.85. The zero-order valence-electron chi connectivity index (χ0n) is 8.50. The standard InChI is InChI=1S/C12H13NO/c1-9-6-10(2)8-11(7-9)12(14)4-3-5-13/h6-8H,3-4H2,1-2H3. The molecular formula is C12H13NO. The topological polar surface area (TPSA) is 40.9 Å². The molecule has 14 heavy (non-hydrogen) atoms. The Hall–Kier alpha value is -1.62. The maximum Gasteiger partial charge on any atom is 0.163 e. The molecule has 2 nitrogen and oxygen atoms in total. The van der Waals surface area contributed by atoms with Gasteiger partial charge in [0.1, 0.15) is 0 Å². The van der Waals surface area contributed by atoms with Crippen LogP contribution in [0.3, 0.4) is 0 Å². The first-order chi connectivity index (χ1) is 6.63. The van der Waals surface area contributed by atoms with Crippen molar-refractivity contribution in [3.63, 3.8) is 0 Å². The van der Waals surface area contributed by atoms with Gasteiger partial charge < -0.3 is 0 Å². The lowest BCUT2D eigenvalue weighted by molar-refractivity contribution is 0.0984. The first-order valence-electron chi connectivity index (χ1n) is 4.62. The van der Waals surface area contributed by atoms with Crippen LogP contribution >= 0.6 is 0 Å². The van der Waals surface area contributed by atoms with Gasteiger partial charge in [-0.15, -0.1) is 0 Å². The summed E-state index contributed by atoms with van der Waals surface area (Å²) >= 11 is 0. The monoisotopic (exact) mass is 187 g/mol. The van der Waals surface area contributed by atoms with Crippen molar-refractivity contribution in [3.05, 3.63) is 34.9 Å². The third-order valence-corrected chi connectivity index (χ3v) is 2.01. The second kappa shape index (κ2) is 4.57. The molecule has 1 aromatic rings. The van der Waals surface area contributed by atoms with Crippen molar-refractivity contribution in [1.29, 1.82) is 5.26 Å². The number of benzene rings is 1. The summed E-state index contributed by atoms with van der Waals surface area (Å²) in [6, 6.07) is 7.74. The molecule has 0 atom stereocenters. The van der Waals surface area contributed by atoms with Gasteiger partial charge in [-0.2, -0.15) is 5.26 Å². The Kier molecular flexibility index (Phi) is 3.41. The van der Waals surface area contributed by atoms with Gasteiger partial charge in [0.15, 0.2) is 5.78 Å². The molecular weight excluding hydrogens is 174 g/mol. The Labute approximate surface area is 84.2 Å². The van der Waals surface area contributed by atoms with Crippen molar-refractivity contribution in [1.82, 2.24) is 0 Å². The fourth-order valence-electron chi connectivity index (χ4n) is 1.45. The number of ketones is 1. The lowest BCUT2D eigenvalue weighted by Crippen LogP contribution is -1.99. The number of hydrogen-bond acceptors (Lipinski definition) is 2. The normalized spacial score (nSPS) is 9.50. The number of Topliss-reactive ketones (excluding diaryl/α,β-unsaturated/α-hetero) is 1. The van der Waals surface area contributed by atoms with Gasteiger partial charge in [-0.25, -0.2) is 0 Å². The van der Waals surface area contributed by atoms with E-state index in [1.807, 2.05) is 38.1 Å². The fourth-order valence-corrected chi connectivity index (χ4v) is 1.45. The van der Waals surface area contributed by atoms with Gasteiger partial charge in [-0.1, -0.05) is 17.2 Å². The summed E-state index contributed by atoms with van der Waals surface area (Å²) in [6.07, 6.45) is 0.616. The average Bonchev–Trinajstić information content (AvgIpc) is 2.12. The second-order valence-electron chi connectivity index (χ2n) is 3.46. The summed E-state index contributed by atoms with van der Waals surface area (Å²) in [5.41, 5.74) is 2.90. The van der Waals surface area contributed by atoms with E-state index in [-0.39, 0.29) is 5.78 Å². The van der Waals surface area contributed by atoms with Gasteiger partial charge >= 0.3 is 0 Å². The SMILES string of the molecule is Cc1cc(C)cc(C(=O)CCC#N)c1. The number of nitriles is 1. The van der Waals surface area contributed by atoms with Crippen LogP contribution < -0.4 is 0 Å². The number of aryl methyl sites for hydroxylation is 2. The third kappa shape index (κ3) is 2.70. The molecule has 0 radical (unpaired) electrons. The summed E-state index contributed by atoms with van der Waals surface area (Å²) in [4.78, 5) is 11.6. The van der Waals surface area contributed by atoms with Gasteiger partial charge in [0.2, 0.25) is 0 Å². The highest BCUT2D eigenvalue weighted by molar-refractivity contribution is 5.96. The van der Waals surface area contributed by atoms with E-state index in [1.54, 1.807) is 0 Å². The van der Waals surface area contributed by atoms with Crippen molar-refractivity contribution in [2.75, 3.05) is 0 Å². The molecule has 0 spiro atoms. The number of hydrogen-bond donors (Lipinski definition) is 0. The van der Waals surface area contributed by atoms with E-state index in [0.717, 1.165) is 16.7 Å². The molecule has 0 aromatic heterocycles. The van der Waals surface area contributed by atoms with E-state index >= 15 is 0 Å². The highest BCUT2D eigenvalue weighted by Gasteiger charge is 2.05. The molecule has 0 aliphatic carbocycles. The summed E-state index contributed by atoms with van der Waals surface area (Å²) in [5, 5.41) is 8.37. The molecule has 1 rings (SSSR count). The van der Waals surface area contributed by atoms with E-state index in [9.17, 15) is 4.79 Å². The minimum absolute atomic E-state index is 0.0540. The fraction of sp³-hybridized carbons (Fsp3) is 0.333. The van der Waals surface area contributed by atoms with Crippen LogP contribution in [0, 0.1) is 25.2 Å². The van der Waals surface area contributed by atoms with Crippen molar-refractivity contribution in [2.45, 2.75) is 26.7 Å². The van der Waals surface area contributed by atoms with Crippen LogP contribution in [0.1, 0.15) is 34.3 Å². The van der Waals surface area contributed by atoms with Gasteiger partial charge in [-0.05, 0) is 26.0 Å². The first kappa shape index (κ1) is 10.5. The predicted octanol–water partition coefficient (Wildman–Crippen LogP) is 2.79. The zero-order valence-corrected chi connectivity index (χ0v) is 8.50. The largest absolute Gasteiger partial charge is 0.294 e. The second-order valence-corrected chi connectivity index (χ2v) is 3.46. The van der Waals surface area contributed by atoms with Crippen LogP contribution in [0.15, 0.2) is 18.2 Å². The Morgan fingerprint density at radius 3 is 2.36 bits per heavy atom. The molecule has 0 aliphatic heterocycles. The molecule has 0 aliphatic rings. The summed E-state index contributed by atoms with van der Waals surface area (Å²) in [7, 11) is 0. The van der Waals surface area contributed by atoms with E-state index in [1.165, 1.54) is 0 Å². The predicted molar refractivity (Wildman–Crippen MR) is 55.1 cm³/mol. The molecule has 2 heteroatoms. The lowest BCUT2D eigenvalue weighted by Gasteiger charge is -2.02. The molecule has 0 fully saturated rings. The molecule has 0 heterocycles. The molecule has 0 N–H and O–H groups in total. The van der Waals surface area contributed by atoms with Crippen LogP contribution in [0.25, 0.3) is 0 Å². The highest BCUT2D eigenvalue weighted by Crippen LogP contribution is 2.11. The van der Waals surface area contributed by atoms with Crippen molar-refractivity contribution < 1.29 is 4.79 Å². The quantitative estimate of drug-likeness (QED) is 0.683. The minimum atomic E-state index is 0.0540. The van der Waals surface area contributed by atoms with Crippen molar-refractivity contribution >= 4 is 5.78 Å². The summed E-state index contributed by atoms with van der Waals surface area (Å²) < 4.78 is 0. The van der Waals surface area contributed by atoms with Crippen LogP contribution in [0.4, 0.5) is 0 Å². The first-order valence-corrected chi connectivity index (χ1v) is 4.62. The van der Waals surface area contributed by atoms with E-state index in [4.69, 9.17) is 5.26 Å². The van der Waals surface area contributed by atoms with E-state index in [2.05, 4.69) is 0 Å². The molecule has 1 aromatic carbocycles. The van der Waals surface area contributed by atoms with Crippen LogP contribution in [0.5, 0.6) is 0 Å². The highest BCUT2D eigenvalue weighted by atomic mass is 16.1. The summed E-state index contributed by atoms with van der Waals surface area (Å²) in [5.74, 6) is 0.0540. The Morgan fingerprint density at radius 2 is 1.86 bits per heavy atom. The van der Waals surface area contributed by atoms with Gasteiger partial charge in [0, 0.05) is 18.4 Å². The zero-order chi connectivity index (χ0) is 10.6. The minimum Gasteiger partial charge on any atom is -0.294 e. The molecule has 0 saturated carbocycles. The van der Waals surface area contributed by atoms with Crippen molar-refractivity contribution in [3.8, 4) is 6.07 Å². The molecule has 0 bridgehead atoms. The number of nitrogens with zero attached hydrogens (tertiary/aromatic N) is 1. The summed E-state index contributed by atoms with van der Waals surface area (Å²) in [6.45, 7) is 3.93. The molecule has 0 amide bonds. The maximum absolute atomic E-state index is 11.6. The van der Waals surface area contributed by atoms with Crippen molar-refractivity contribution in [2.24, 2.45) is 0 Å². The average molecular weight is 187 g/mol. The number of rotatable bonds is 3. The number of carbonyl (C=O) groups excluding carboxylic acids is 1. The van der Waals surface area contributed by atoms with E-state index < -0.39 is 0 Å². The molecule has 0 unspecified atom stereocenters. The van der Waals surface area contributed by atoms with Crippen LogP contribution in [-0.2, 0) is 0 Å².